The van der Waals surface area contributed by atoms with Gasteiger partial charge in [-0.05, 0) is 49.8 Å². The Morgan fingerprint density at radius 3 is 2.74 bits per heavy atom. The number of allylic oxidation sites excluding steroid dienone is 6. The average molecular weight is 478 g/mol. The molecule has 0 radical (unpaired) electrons. The van der Waals surface area contributed by atoms with Gasteiger partial charge in [0.2, 0.25) is 0 Å². The lowest BCUT2D eigenvalue weighted by molar-refractivity contribution is 0.387. The number of piperidine rings is 1. The first kappa shape index (κ1) is 25.6. The molecule has 1 aromatic carbocycles. The highest BCUT2D eigenvalue weighted by molar-refractivity contribution is 7.45. The Morgan fingerprint density at radius 2 is 2.12 bits per heavy atom. The lowest BCUT2D eigenvalue weighted by Gasteiger charge is -2.35. The van der Waals surface area contributed by atoms with Gasteiger partial charge in [0, 0.05) is 24.6 Å². The van der Waals surface area contributed by atoms with E-state index in [0.717, 1.165) is 54.5 Å². The molecule has 1 aliphatic rings. The van der Waals surface area contributed by atoms with Crippen LogP contribution >= 0.6 is 8.38 Å². The van der Waals surface area contributed by atoms with E-state index in [1.54, 1.807) is 13.2 Å². The van der Waals surface area contributed by atoms with Crippen molar-refractivity contribution < 1.29 is 14.5 Å². The second-order valence-electron chi connectivity index (χ2n) is 8.23. The van der Waals surface area contributed by atoms with Crippen molar-refractivity contribution in [1.29, 1.82) is 5.26 Å². The van der Waals surface area contributed by atoms with E-state index in [0.29, 0.717) is 29.1 Å². The summed E-state index contributed by atoms with van der Waals surface area (Å²) >= 11 is 0. The van der Waals surface area contributed by atoms with Crippen molar-refractivity contribution in [3.63, 3.8) is 0 Å². The molecule has 3 rings (SSSR count). The molecule has 34 heavy (non-hydrogen) atoms. The van der Waals surface area contributed by atoms with E-state index < -0.39 is 8.38 Å². The molecule has 2 aromatic rings. The van der Waals surface area contributed by atoms with Crippen molar-refractivity contribution in [2.24, 2.45) is 5.92 Å². The summed E-state index contributed by atoms with van der Waals surface area (Å²) in [6.45, 7) is 7.42. The molecule has 0 saturated carbocycles. The molecular formula is C27H32N3O3P. The minimum atomic E-state index is -1.84. The van der Waals surface area contributed by atoms with E-state index in [1.165, 1.54) is 0 Å². The number of methoxy groups -OCH3 is 1. The van der Waals surface area contributed by atoms with Gasteiger partial charge in [-0.1, -0.05) is 49.1 Å². The fraction of sp³-hybridized carbons (Fsp3) is 0.333. The highest BCUT2D eigenvalue weighted by Gasteiger charge is 2.25. The third kappa shape index (κ3) is 6.12. The highest BCUT2D eigenvalue weighted by atomic mass is 31.2. The number of anilines is 1. The average Bonchev–Trinajstić information content (AvgIpc) is 2.86. The number of rotatable bonds is 9. The molecular weight excluding hydrogens is 445 g/mol. The quantitative estimate of drug-likeness (QED) is 0.355. The van der Waals surface area contributed by atoms with Crippen molar-refractivity contribution in [3.8, 4) is 11.8 Å². The molecule has 0 amide bonds. The standard InChI is InChI=1S/C27H32N3O3P/c1-4-6-8-20(5-2)11-12-24-23(19-28)27(22-9-7-10-25(33-3)26(22)29-24)30-16-13-21(14-17-30)15-18-34(31)32/h4-12,21,31-32H,2,13-18H2,1,3H3/b6-4-,12-11-,20-8+. The second kappa shape index (κ2) is 12.5. The fourth-order valence-electron chi connectivity index (χ4n) is 4.30. The third-order valence-corrected chi connectivity index (χ3v) is 6.79. The van der Waals surface area contributed by atoms with Gasteiger partial charge < -0.3 is 19.4 Å². The number of para-hydroxylation sites is 1. The van der Waals surface area contributed by atoms with Crippen molar-refractivity contribution in [2.45, 2.75) is 26.2 Å². The molecule has 178 valence electrons. The maximum absolute atomic E-state index is 10.2. The van der Waals surface area contributed by atoms with Crippen LogP contribution in [0.4, 0.5) is 5.69 Å². The Hall–Kier alpha value is -2.97. The first-order valence-corrected chi connectivity index (χ1v) is 12.9. The summed E-state index contributed by atoms with van der Waals surface area (Å²) in [5.41, 5.74) is 3.66. The van der Waals surface area contributed by atoms with Gasteiger partial charge in [0.05, 0.1) is 18.5 Å². The van der Waals surface area contributed by atoms with Crippen LogP contribution in [0.1, 0.15) is 37.4 Å². The largest absolute Gasteiger partial charge is 0.494 e. The van der Waals surface area contributed by atoms with Crippen LogP contribution in [0.2, 0.25) is 0 Å². The number of aromatic nitrogens is 1. The van der Waals surface area contributed by atoms with Crippen molar-refractivity contribution >= 4 is 31.0 Å². The Labute approximate surface area is 203 Å². The molecule has 1 aromatic heterocycles. The molecule has 0 unspecified atom stereocenters. The summed E-state index contributed by atoms with van der Waals surface area (Å²) in [6.07, 6.45) is 14.5. The fourth-order valence-corrected chi connectivity index (χ4v) is 4.90. The zero-order valence-electron chi connectivity index (χ0n) is 19.8. The first-order valence-electron chi connectivity index (χ1n) is 11.5. The van der Waals surface area contributed by atoms with Gasteiger partial charge in [0.15, 0.2) is 8.38 Å². The van der Waals surface area contributed by atoms with Crippen LogP contribution < -0.4 is 9.64 Å². The highest BCUT2D eigenvalue weighted by Crippen LogP contribution is 2.38. The van der Waals surface area contributed by atoms with Gasteiger partial charge in [-0.25, -0.2) is 4.98 Å². The lowest BCUT2D eigenvalue weighted by Crippen LogP contribution is -2.34. The maximum Gasteiger partial charge on any atom is 0.164 e. The molecule has 1 fully saturated rings. The van der Waals surface area contributed by atoms with Crippen LogP contribution in [0.5, 0.6) is 5.75 Å². The zero-order valence-corrected chi connectivity index (χ0v) is 20.7. The zero-order chi connectivity index (χ0) is 24.5. The smallest absolute Gasteiger partial charge is 0.164 e. The first-order chi connectivity index (χ1) is 16.5. The van der Waals surface area contributed by atoms with E-state index in [1.807, 2.05) is 55.5 Å². The molecule has 1 saturated heterocycles. The van der Waals surface area contributed by atoms with Gasteiger partial charge in [-0.3, -0.25) is 0 Å². The van der Waals surface area contributed by atoms with Gasteiger partial charge in [-0.2, -0.15) is 5.26 Å². The molecule has 2 heterocycles. The molecule has 0 aliphatic carbocycles. The summed E-state index contributed by atoms with van der Waals surface area (Å²) in [4.78, 5) is 25.6. The number of fused-ring (bicyclic) bond motifs is 1. The normalized spacial score (nSPS) is 15.5. The van der Waals surface area contributed by atoms with E-state index in [2.05, 4.69) is 17.5 Å². The lowest BCUT2D eigenvalue weighted by atomic mass is 9.93. The molecule has 6 nitrogen and oxygen atoms in total. The summed E-state index contributed by atoms with van der Waals surface area (Å²) in [7, 11) is -0.212. The van der Waals surface area contributed by atoms with Crippen LogP contribution in [0.3, 0.4) is 0 Å². The summed E-state index contributed by atoms with van der Waals surface area (Å²) in [5.74, 6) is 1.13. The van der Waals surface area contributed by atoms with Crippen molar-refractivity contribution in [2.75, 3.05) is 31.3 Å². The summed E-state index contributed by atoms with van der Waals surface area (Å²) < 4.78 is 5.60. The topological polar surface area (TPSA) is 89.6 Å². The number of hydrogen-bond donors (Lipinski definition) is 2. The van der Waals surface area contributed by atoms with Crippen molar-refractivity contribution in [1.82, 2.24) is 4.98 Å². The maximum atomic E-state index is 10.2. The Bertz CT molecular complexity index is 1140. The number of hydrogen-bond acceptors (Lipinski definition) is 6. The summed E-state index contributed by atoms with van der Waals surface area (Å²) in [5, 5.41) is 11.1. The molecule has 0 bridgehead atoms. The van der Waals surface area contributed by atoms with Gasteiger partial charge >= 0.3 is 0 Å². The number of benzene rings is 1. The van der Waals surface area contributed by atoms with E-state index >= 15 is 0 Å². The van der Waals surface area contributed by atoms with Crippen LogP contribution in [-0.2, 0) is 0 Å². The Morgan fingerprint density at radius 1 is 1.35 bits per heavy atom. The van der Waals surface area contributed by atoms with Gasteiger partial charge in [0.25, 0.3) is 0 Å². The SMILES string of the molecule is C=CC(/C=C\c1nc2c(OC)cccc2c(N2CCC(CCP(O)O)CC2)c1C#N)=C\C=C/C. The predicted octanol–water partition coefficient (Wildman–Crippen LogP) is 5.72. The molecule has 1 aliphatic heterocycles. The number of nitriles is 1. The van der Waals surface area contributed by atoms with Crippen LogP contribution in [-0.4, -0.2) is 41.1 Å². The van der Waals surface area contributed by atoms with E-state index in [4.69, 9.17) is 9.72 Å². The monoisotopic (exact) mass is 477 g/mol. The minimum Gasteiger partial charge on any atom is -0.494 e. The van der Waals surface area contributed by atoms with Gasteiger partial charge in [0.1, 0.15) is 22.9 Å². The van der Waals surface area contributed by atoms with Crippen molar-refractivity contribution in [3.05, 3.63) is 72.0 Å². The van der Waals surface area contributed by atoms with Crippen LogP contribution in [0.25, 0.3) is 17.0 Å². The minimum absolute atomic E-state index is 0.458. The van der Waals surface area contributed by atoms with E-state index in [-0.39, 0.29) is 0 Å². The Kier molecular flexibility index (Phi) is 9.42. The van der Waals surface area contributed by atoms with Crippen LogP contribution in [0, 0.1) is 17.2 Å². The van der Waals surface area contributed by atoms with Crippen LogP contribution in [0.15, 0.2) is 60.7 Å². The molecule has 7 heteroatoms. The summed E-state index contributed by atoms with van der Waals surface area (Å²) in [6, 6.07) is 8.21. The third-order valence-electron chi connectivity index (χ3n) is 6.13. The molecule has 0 spiro atoms. The van der Waals surface area contributed by atoms with E-state index in [9.17, 15) is 15.0 Å². The molecule has 0 atom stereocenters. The number of nitrogens with zero attached hydrogens (tertiary/aromatic N) is 3. The Balaban J connectivity index is 2.06. The van der Waals surface area contributed by atoms with Gasteiger partial charge in [-0.15, -0.1) is 0 Å². The number of ether oxygens (including phenoxy) is 1. The predicted molar refractivity (Wildman–Crippen MR) is 141 cm³/mol. The number of pyridine rings is 1. The second-order valence-corrected chi connectivity index (χ2v) is 9.43. The molecule has 2 N–H and O–H groups in total.